The van der Waals surface area contributed by atoms with Crippen molar-refractivity contribution in [2.24, 2.45) is 0 Å². The molecule has 20 heavy (non-hydrogen) atoms. The summed E-state index contributed by atoms with van der Waals surface area (Å²) in [6.07, 6.45) is 1.05. The monoisotopic (exact) mass is 291 g/mol. The van der Waals surface area contributed by atoms with Crippen LogP contribution in [0.15, 0.2) is 35.7 Å². The topological polar surface area (TPSA) is 30.5 Å². The molecule has 2 rings (SSSR count). The Morgan fingerprint density at radius 3 is 2.40 bits per heavy atom. The van der Waals surface area contributed by atoms with Crippen LogP contribution in [-0.2, 0) is 13.0 Å². The van der Waals surface area contributed by atoms with Crippen LogP contribution >= 0.6 is 11.3 Å². The molecule has 0 radical (unpaired) electrons. The molecule has 4 heteroatoms. The predicted octanol–water partition coefficient (Wildman–Crippen LogP) is 3.49. The number of thiophene rings is 1. The van der Waals surface area contributed by atoms with Crippen molar-refractivity contribution in [3.63, 3.8) is 0 Å². The second-order valence-corrected chi connectivity index (χ2v) is 5.82. The average molecular weight is 291 g/mol. The second kappa shape index (κ2) is 7.31. The van der Waals surface area contributed by atoms with Crippen LogP contribution in [0.1, 0.15) is 17.4 Å². The van der Waals surface area contributed by atoms with Crippen LogP contribution in [0, 0.1) is 0 Å². The van der Waals surface area contributed by atoms with Gasteiger partial charge in [0.25, 0.3) is 0 Å². The maximum Gasteiger partial charge on any atom is 0.122 e. The van der Waals surface area contributed by atoms with Crippen LogP contribution in [0.2, 0.25) is 0 Å². The van der Waals surface area contributed by atoms with E-state index in [0.29, 0.717) is 6.04 Å². The molecule has 0 saturated carbocycles. The molecule has 1 N–H and O–H groups in total. The lowest BCUT2D eigenvalue weighted by atomic mass is 10.1. The lowest BCUT2D eigenvalue weighted by molar-refractivity contribution is 0.392. The number of hydrogen-bond donors (Lipinski definition) is 1. The van der Waals surface area contributed by atoms with E-state index in [9.17, 15) is 0 Å². The maximum absolute atomic E-state index is 5.28. The van der Waals surface area contributed by atoms with E-state index < -0.39 is 0 Å². The van der Waals surface area contributed by atoms with Crippen LogP contribution in [0.4, 0.5) is 0 Å². The molecule has 1 aromatic carbocycles. The highest BCUT2D eigenvalue weighted by molar-refractivity contribution is 7.09. The van der Waals surface area contributed by atoms with Crippen molar-refractivity contribution in [3.8, 4) is 11.5 Å². The first-order chi connectivity index (χ1) is 9.71. The fourth-order valence-electron chi connectivity index (χ4n) is 2.06. The van der Waals surface area contributed by atoms with Crippen LogP contribution in [0.25, 0.3) is 0 Å². The van der Waals surface area contributed by atoms with E-state index in [0.717, 1.165) is 24.5 Å². The van der Waals surface area contributed by atoms with Crippen molar-refractivity contribution < 1.29 is 9.47 Å². The van der Waals surface area contributed by atoms with E-state index in [2.05, 4.69) is 29.8 Å². The van der Waals surface area contributed by atoms with Crippen molar-refractivity contribution >= 4 is 11.3 Å². The van der Waals surface area contributed by atoms with Crippen molar-refractivity contribution in [2.75, 3.05) is 14.2 Å². The lowest BCUT2D eigenvalue weighted by Gasteiger charge is -2.14. The molecule has 0 aliphatic carbocycles. The Hall–Kier alpha value is -1.52. The molecule has 0 saturated heterocycles. The van der Waals surface area contributed by atoms with Crippen molar-refractivity contribution in [1.29, 1.82) is 0 Å². The van der Waals surface area contributed by atoms with Gasteiger partial charge in [0.2, 0.25) is 0 Å². The zero-order valence-electron chi connectivity index (χ0n) is 12.2. The number of hydrogen-bond acceptors (Lipinski definition) is 4. The first-order valence-electron chi connectivity index (χ1n) is 6.69. The highest BCUT2D eigenvalue weighted by Gasteiger charge is 2.06. The summed E-state index contributed by atoms with van der Waals surface area (Å²) in [5.41, 5.74) is 1.17. The third-order valence-corrected chi connectivity index (χ3v) is 4.05. The van der Waals surface area contributed by atoms with Gasteiger partial charge in [-0.15, -0.1) is 11.3 Å². The lowest BCUT2D eigenvalue weighted by Crippen LogP contribution is -2.27. The normalized spacial score (nSPS) is 12.2. The Bertz CT molecular complexity index is 503. The Kier molecular flexibility index (Phi) is 5.44. The van der Waals surface area contributed by atoms with E-state index in [1.54, 1.807) is 25.6 Å². The largest absolute Gasteiger partial charge is 0.497 e. The third-order valence-electron chi connectivity index (χ3n) is 3.15. The van der Waals surface area contributed by atoms with Crippen LogP contribution < -0.4 is 14.8 Å². The van der Waals surface area contributed by atoms with Gasteiger partial charge in [-0.25, -0.2) is 0 Å². The Labute approximate surface area is 124 Å². The summed E-state index contributed by atoms with van der Waals surface area (Å²) in [6.45, 7) is 3.01. The molecule has 1 heterocycles. The van der Waals surface area contributed by atoms with Gasteiger partial charge in [-0.05, 0) is 42.5 Å². The van der Waals surface area contributed by atoms with E-state index in [4.69, 9.17) is 9.47 Å². The molecule has 2 aromatic rings. The molecular weight excluding hydrogens is 270 g/mol. The molecule has 1 atom stereocenters. The maximum atomic E-state index is 5.28. The summed E-state index contributed by atoms with van der Waals surface area (Å²) < 4.78 is 10.6. The summed E-state index contributed by atoms with van der Waals surface area (Å²) in [5, 5.41) is 5.66. The third kappa shape index (κ3) is 4.25. The summed E-state index contributed by atoms with van der Waals surface area (Å²) in [7, 11) is 3.34. The van der Waals surface area contributed by atoms with Gasteiger partial charge >= 0.3 is 0 Å². The number of methoxy groups -OCH3 is 2. The molecule has 0 aliphatic heterocycles. The van der Waals surface area contributed by atoms with Gasteiger partial charge in [0.15, 0.2) is 0 Å². The SMILES string of the molecule is COc1cc(CNC(C)Cc2cccs2)cc(OC)c1. The number of nitrogens with one attached hydrogen (secondary N) is 1. The molecule has 108 valence electrons. The molecule has 0 aliphatic rings. The molecular formula is C16H21NO2S. The van der Waals surface area contributed by atoms with Gasteiger partial charge in [0.05, 0.1) is 14.2 Å². The minimum Gasteiger partial charge on any atom is -0.497 e. The fraction of sp³-hybridized carbons (Fsp3) is 0.375. The quantitative estimate of drug-likeness (QED) is 0.847. The van der Waals surface area contributed by atoms with Crippen LogP contribution in [0.5, 0.6) is 11.5 Å². The van der Waals surface area contributed by atoms with Crippen molar-refractivity contribution in [1.82, 2.24) is 5.32 Å². The number of rotatable bonds is 7. The molecule has 3 nitrogen and oxygen atoms in total. The van der Waals surface area contributed by atoms with E-state index in [-0.39, 0.29) is 0 Å². The fourth-order valence-corrected chi connectivity index (χ4v) is 2.90. The highest BCUT2D eigenvalue weighted by atomic mass is 32.1. The van der Waals surface area contributed by atoms with Crippen molar-refractivity contribution in [2.45, 2.75) is 25.9 Å². The molecule has 0 fully saturated rings. The molecule has 1 aromatic heterocycles. The van der Waals surface area contributed by atoms with Gasteiger partial charge in [0.1, 0.15) is 11.5 Å². The molecule has 0 amide bonds. The summed E-state index contributed by atoms with van der Waals surface area (Å²) in [4.78, 5) is 1.41. The standard InChI is InChI=1S/C16H21NO2S/c1-12(7-16-5-4-6-20-16)17-11-13-8-14(18-2)10-15(9-13)19-3/h4-6,8-10,12,17H,7,11H2,1-3H3. The molecule has 0 bridgehead atoms. The van der Waals surface area contributed by atoms with Gasteiger partial charge < -0.3 is 14.8 Å². The van der Waals surface area contributed by atoms with Crippen molar-refractivity contribution in [3.05, 3.63) is 46.2 Å². The van der Waals surface area contributed by atoms with Gasteiger partial charge in [0, 0.05) is 23.5 Å². The smallest absolute Gasteiger partial charge is 0.122 e. The minimum atomic E-state index is 0.436. The summed E-state index contributed by atoms with van der Waals surface area (Å²) in [5.74, 6) is 1.65. The molecule has 1 unspecified atom stereocenters. The summed E-state index contributed by atoms with van der Waals surface area (Å²) in [6, 6.07) is 10.7. The van der Waals surface area contributed by atoms with E-state index >= 15 is 0 Å². The first-order valence-corrected chi connectivity index (χ1v) is 7.57. The van der Waals surface area contributed by atoms with Crippen LogP contribution in [0.3, 0.4) is 0 Å². The van der Waals surface area contributed by atoms with Gasteiger partial charge in [-0.3, -0.25) is 0 Å². The molecule has 0 spiro atoms. The Morgan fingerprint density at radius 1 is 1.15 bits per heavy atom. The number of benzene rings is 1. The highest BCUT2D eigenvalue weighted by Crippen LogP contribution is 2.22. The minimum absolute atomic E-state index is 0.436. The Morgan fingerprint density at radius 2 is 1.85 bits per heavy atom. The zero-order chi connectivity index (χ0) is 14.4. The summed E-state index contributed by atoms with van der Waals surface area (Å²) >= 11 is 1.81. The van der Waals surface area contributed by atoms with Gasteiger partial charge in [-0.2, -0.15) is 0 Å². The van der Waals surface area contributed by atoms with Crippen LogP contribution in [-0.4, -0.2) is 20.3 Å². The van der Waals surface area contributed by atoms with Gasteiger partial charge in [-0.1, -0.05) is 6.07 Å². The predicted molar refractivity (Wildman–Crippen MR) is 83.9 cm³/mol. The van der Waals surface area contributed by atoms with E-state index in [1.807, 2.05) is 18.2 Å². The zero-order valence-corrected chi connectivity index (χ0v) is 13.0. The second-order valence-electron chi connectivity index (χ2n) is 4.79. The Balaban J connectivity index is 1.92. The first kappa shape index (κ1) is 14.9. The number of ether oxygens (including phenoxy) is 2. The average Bonchev–Trinajstić information content (AvgIpc) is 2.97. The van der Waals surface area contributed by atoms with E-state index in [1.165, 1.54) is 10.4 Å².